The number of benzene rings is 1. The standard InChI is InChI=1S/C29H34F3NO2.C2H2/c1-5-26(29(30,31)32)18-24(25-14-17-35-19-25)10-11-28(34)21(3)22(4)33-15-12-23(13-16-33)27-9-7-6-8-20(27)2;1-2/h6-10,14,17-19,23,34H,4-5,11-13,15-16H2,1-3H3;1-2H/b24-10+,26-18+,28-21-;. The Morgan fingerprint density at radius 2 is 1.84 bits per heavy atom. The summed E-state index contributed by atoms with van der Waals surface area (Å²) in [6.07, 6.45) is 11.1. The quantitative estimate of drug-likeness (QED) is 0.219. The molecular weight excluding hydrogens is 475 g/mol. The molecular formula is C31H36F3NO2. The van der Waals surface area contributed by atoms with Gasteiger partial charge in [-0.1, -0.05) is 43.8 Å². The summed E-state index contributed by atoms with van der Waals surface area (Å²) in [7, 11) is 0. The van der Waals surface area contributed by atoms with Crippen molar-refractivity contribution >= 4 is 5.57 Å². The summed E-state index contributed by atoms with van der Waals surface area (Å²) in [6, 6.07) is 10.1. The number of aliphatic hydroxyl groups is 1. The van der Waals surface area contributed by atoms with E-state index in [0.717, 1.165) is 37.7 Å². The fourth-order valence-electron chi connectivity index (χ4n) is 4.53. The molecule has 6 heteroatoms. The zero-order valence-corrected chi connectivity index (χ0v) is 21.8. The van der Waals surface area contributed by atoms with Gasteiger partial charge in [-0.15, -0.1) is 12.8 Å². The number of piperidine rings is 1. The molecule has 3 nitrogen and oxygen atoms in total. The number of alkyl halides is 3. The minimum absolute atomic E-state index is 0.0930. The molecule has 1 aliphatic rings. The summed E-state index contributed by atoms with van der Waals surface area (Å²) in [5, 5.41) is 10.8. The third kappa shape index (κ3) is 7.95. The molecule has 1 N–H and O–H groups in total. The number of hydrogen-bond acceptors (Lipinski definition) is 3. The molecule has 0 aliphatic carbocycles. The van der Waals surface area contributed by atoms with Gasteiger partial charge in [0, 0.05) is 41.9 Å². The molecule has 0 amide bonds. The lowest BCUT2D eigenvalue weighted by atomic mass is 9.86. The second-order valence-electron chi connectivity index (χ2n) is 9.03. The molecule has 3 rings (SSSR count). The largest absolute Gasteiger partial charge is 0.512 e. The Balaban J connectivity index is 0.00000235. The molecule has 0 radical (unpaired) electrons. The van der Waals surface area contributed by atoms with E-state index in [2.05, 4.69) is 55.5 Å². The van der Waals surface area contributed by atoms with E-state index in [1.807, 2.05) is 0 Å². The maximum Gasteiger partial charge on any atom is 0.412 e. The minimum atomic E-state index is -4.41. The maximum atomic E-state index is 13.3. The predicted molar refractivity (Wildman–Crippen MR) is 145 cm³/mol. The van der Waals surface area contributed by atoms with E-state index in [4.69, 9.17) is 4.42 Å². The molecule has 0 atom stereocenters. The normalized spacial score (nSPS) is 16.1. The van der Waals surface area contributed by atoms with E-state index in [-0.39, 0.29) is 18.6 Å². The Hall–Kier alpha value is -3.59. The van der Waals surface area contributed by atoms with Crippen LogP contribution in [0.4, 0.5) is 13.2 Å². The van der Waals surface area contributed by atoms with Gasteiger partial charge in [0.15, 0.2) is 0 Å². The average Bonchev–Trinajstić information content (AvgIpc) is 3.43. The van der Waals surface area contributed by atoms with Crippen LogP contribution in [-0.4, -0.2) is 29.3 Å². The number of terminal acetylenes is 1. The van der Waals surface area contributed by atoms with Crippen LogP contribution in [0, 0.1) is 19.8 Å². The van der Waals surface area contributed by atoms with Crippen molar-refractivity contribution in [2.24, 2.45) is 0 Å². The van der Waals surface area contributed by atoms with Crippen LogP contribution in [0.25, 0.3) is 5.57 Å². The highest BCUT2D eigenvalue weighted by Gasteiger charge is 2.32. The van der Waals surface area contributed by atoms with Crippen molar-refractivity contribution < 1.29 is 22.7 Å². The van der Waals surface area contributed by atoms with Gasteiger partial charge in [0.05, 0.1) is 12.5 Å². The number of allylic oxidation sites excluding steroid dienone is 5. The zero-order valence-electron chi connectivity index (χ0n) is 21.8. The monoisotopic (exact) mass is 511 g/mol. The molecule has 0 unspecified atom stereocenters. The van der Waals surface area contributed by atoms with Gasteiger partial charge in [-0.25, -0.2) is 0 Å². The lowest BCUT2D eigenvalue weighted by Crippen LogP contribution is -2.32. The highest BCUT2D eigenvalue weighted by molar-refractivity contribution is 5.74. The van der Waals surface area contributed by atoms with Gasteiger partial charge in [0.1, 0.15) is 5.76 Å². The molecule has 0 spiro atoms. The van der Waals surface area contributed by atoms with Gasteiger partial charge < -0.3 is 14.4 Å². The van der Waals surface area contributed by atoms with Crippen LogP contribution in [0.15, 0.2) is 88.6 Å². The minimum Gasteiger partial charge on any atom is -0.512 e. The first-order chi connectivity index (χ1) is 17.6. The van der Waals surface area contributed by atoms with Crippen molar-refractivity contribution in [2.45, 2.75) is 58.5 Å². The van der Waals surface area contributed by atoms with Gasteiger partial charge in [0.2, 0.25) is 0 Å². The molecule has 2 aromatic rings. The molecule has 0 saturated carbocycles. The highest BCUT2D eigenvalue weighted by atomic mass is 19.4. The predicted octanol–water partition coefficient (Wildman–Crippen LogP) is 8.73. The van der Waals surface area contributed by atoms with E-state index in [0.29, 0.717) is 22.6 Å². The van der Waals surface area contributed by atoms with Gasteiger partial charge in [-0.05, 0) is 67.9 Å². The number of halogens is 3. The van der Waals surface area contributed by atoms with Crippen molar-refractivity contribution in [1.29, 1.82) is 0 Å². The number of nitrogens with zero attached hydrogens (tertiary/aromatic N) is 1. The SMILES string of the molecule is C#C.C=C(/C(C)=C(\O)C/C=C(\C=C(/CC)C(F)(F)F)c1ccoc1)N1CCC(c2ccccc2C)CC1. The molecule has 1 aliphatic heterocycles. The first-order valence-electron chi connectivity index (χ1n) is 12.3. The Morgan fingerprint density at radius 3 is 2.38 bits per heavy atom. The number of aliphatic hydroxyl groups excluding tert-OH is 1. The summed E-state index contributed by atoms with van der Waals surface area (Å²) in [5.41, 5.74) is 4.36. The Bertz CT molecular complexity index is 1140. The number of likely N-dealkylation sites (tertiary alicyclic amines) is 1. The fourth-order valence-corrected chi connectivity index (χ4v) is 4.53. The van der Waals surface area contributed by atoms with Crippen LogP contribution in [0.1, 0.15) is 62.1 Å². The summed E-state index contributed by atoms with van der Waals surface area (Å²) in [4.78, 5) is 2.18. The molecule has 0 bridgehead atoms. The van der Waals surface area contributed by atoms with E-state index in [1.54, 1.807) is 19.1 Å². The third-order valence-corrected chi connectivity index (χ3v) is 6.82. The van der Waals surface area contributed by atoms with E-state index < -0.39 is 11.7 Å². The molecule has 37 heavy (non-hydrogen) atoms. The highest BCUT2D eigenvalue weighted by Crippen LogP contribution is 2.34. The lowest BCUT2D eigenvalue weighted by molar-refractivity contribution is -0.0934. The summed E-state index contributed by atoms with van der Waals surface area (Å²) in [5.74, 6) is 0.599. The summed E-state index contributed by atoms with van der Waals surface area (Å²) < 4.78 is 45.0. The molecule has 1 aromatic heterocycles. The molecule has 2 heterocycles. The Kier molecular flexibility index (Phi) is 10.9. The number of rotatable bonds is 8. The number of aryl methyl sites for hydroxylation is 1. The Labute approximate surface area is 218 Å². The van der Waals surface area contributed by atoms with Crippen molar-refractivity contribution in [3.8, 4) is 12.8 Å². The summed E-state index contributed by atoms with van der Waals surface area (Å²) in [6.45, 7) is 11.3. The first-order valence-corrected chi connectivity index (χ1v) is 12.3. The Morgan fingerprint density at radius 1 is 1.19 bits per heavy atom. The molecule has 1 fully saturated rings. The second kappa shape index (κ2) is 13.6. The second-order valence-corrected chi connectivity index (χ2v) is 9.03. The fraction of sp³-hybridized carbons (Fsp3) is 0.355. The molecule has 198 valence electrons. The smallest absolute Gasteiger partial charge is 0.412 e. The molecule has 1 aromatic carbocycles. The van der Waals surface area contributed by atoms with E-state index in [1.165, 1.54) is 30.6 Å². The van der Waals surface area contributed by atoms with Gasteiger partial charge in [-0.3, -0.25) is 0 Å². The van der Waals surface area contributed by atoms with Gasteiger partial charge in [0.25, 0.3) is 0 Å². The number of hydrogen-bond donors (Lipinski definition) is 1. The summed E-state index contributed by atoms with van der Waals surface area (Å²) >= 11 is 0. The van der Waals surface area contributed by atoms with E-state index in [9.17, 15) is 18.3 Å². The van der Waals surface area contributed by atoms with E-state index >= 15 is 0 Å². The van der Waals surface area contributed by atoms with Crippen LogP contribution in [0.5, 0.6) is 0 Å². The van der Waals surface area contributed by atoms with Gasteiger partial charge in [-0.2, -0.15) is 13.2 Å². The third-order valence-electron chi connectivity index (χ3n) is 6.82. The van der Waals surface area contributed by atoms with Crippen molar-refractivity contribution in [3.05, 3.63) is 101 Å². The van der Waals surface area contributed by atoms with Crippen molar-refractivity contribution in [2.75, 3.05) is 13.1 Å². The number of furan rings is 1. The van der Waals surface area contributed by atoms with Crippen LogP contribution in [-0.2, 0) is 0 Å². The van der Waals surface area contributed by atoms with Crippen LogP contribution < -0.4 is 0 Å². The van der Waals surface area contributed by atoms with Crippen LogP contribution >= 0.6 is 0 Å². The van der Waals surface area contributed by atoms with Crippen molar-refractivity contribution in [3.63, 3.8) is 0 Å². The molecule has 1 saturated heterocycles. The van der Waals surface area contributed by atoms with Crippen molar-refractivity contribution in [1.82, 2.24) is 4.90 Å². The zero-order chi connectivity index (χ0) is 27.6. The first kappa shape index (κ1) is 29.6. The lowest BCUT2D eigenvalue weighted by Gasteiger charge is -2.36. The average molecular weight is 512 g/mol. The van der Waals surface area contributed by atoms with Crippen LogP contribution in [0.2, 0.25) is 0 Å². The maximum absolute atomic E-state index is 13.3. The van der Waals surface area contributed by atoms with Crippen LogP contribution in [0.3, 0.4) is 0 Å². The topological polar surface area (TPSA) is 36.6 Å². The van der Waals surface area contributed by atoms with Gasteiger partial charge >= 0.3 is 6.18 Å².